The van der Waals surface area contributed by atoms with E-state index in [1.54, 1.807) is 17.0 Å². The monoisotopic (exact) mass is 351 g/mol. The lowest BCUT2D eigenvalue weighted by Gasteiger charge is -2.17. The van der Waals surface area contributed by atoms with Gasteiger partial charge in [-0.15, -0.1) is 0 Å². The number of aromatic nitrogens is 1. The summed E-state index contributed by atoms with van der Waals surface area (Å²) >= 11 is 0. The van der Waals surface area contributed by atoms with E-state index in [1.165, 1.54) is 24.4 Å². The van der Waals surface area contributed by atoms with Crippen molar-refractivity contribution in [2.75, 3.05) is 16.8 Å². The van der Waals surface area contributed by atoms with E-state index in [2.05, 4.69) is 10.3 Å². The SMILES string of the molecule is O=C(c1ccc(Nc2c(F)cccc2F)cn1)N1CCc2ccccc21. The standard InChI is InChI=1S/C20H15F2N3O/c21-15-5-3-6-16(22)19(15)24-14-8-9-17(23-12-14)20(26)25-11-10-13-4-1-2-7-18(13)25/h1-9,12,24H,10-11H2. The minimum absolute atomic E-state index is 0.196. The molecular weight excluding hydrogens is 336 g/mol. The van der Waals surface area contributed by atoms with Crippen LogP contribution in [0.4, 0.5) is 25.8 Å². The Hall–Kier alpha value is -3.28. The molecule has 2 heterocycles. The Morgan fingerprint density at radius 3 is 2.50 bits per heavy atom. The Labute approximate surface area is 149 Å². The van der Waals surface area contributed by atoms with Gasteiger partial charge in [0.2, 0.25) is 0 Å². The minimum Gasteiger partial charge on any atom is -0.349 e. The average molecular weight is 351 g/mol. The maximum absolute atomic E-state index is 13.7. The second-order valence-electron chi connectivity index (χ2n) is 5.99. The highest BCUT2D eigenvalue weighted by Gasteiger charge is 2.25. The number of carbonyl (C=O) groups excluding carboxylic acids is 1. The molecule has 0 fully saturated rings. The van der Waals surface area contributed by atoms with Crippen molar-refractivity contribution >= 4 is 23.0 Å². The zero-order valence-electron chi connectivity index (χ0n) is 13.7. The van der Waals surface area contributed by atoms with Crippen LogP contribution in [0.1, 0.15) is 16.1 Å². The molecule has 0 saturated carbocycles. The van der Waals surface area contributed by atoms with Gasteiger partial charge in [0.15, 0.2) is 0 Å². The van der Waals surface area contributed by atoms with E-state index in [4.69, 9.17) is 0 Å². The first-order valence-corrected chi connectivity index (χ1v) is 8.20. The molecule has 1 aliphatic rings. The first kappa shape index (κ1) is 16.2. The summed E-state index contributed by atoms with van der Waals surface area (Å²) in [5, 5.41) is 2.65. The van der Waals surface area contributed by atoms with Crippen molar-refractivity contribution in [1.29, 1.82) is 0 Å². The van der Waals surface area contributed by atoms with Crippen molar-refractivity contribution in [2.24, 2.45) is 0 Å². The molecule has 1 N–H and O–H groups in total. The third kappa shape index (κ3) is 2.90. The fraction of sp³-hybridized carbons (Fsp3) is 0.100. The number of para-hydroxylation sites is 2. The van der Waals surface area contributed by atoms with Gasteiger partial charge < -0.3 is 10.2 Å². The molecule has 0 unspecified atom stereocenters. The van der Waals surface area contributed by atoms with Gasteiger partial charge in [0.05, 0.1) is 11.9 Å². The summed E-state index contributed by atoms with van der Waals surface area (Å²) in [4.78, 5) is 18.6. The summed E-state index contributed by atoms with van der Waals surface area (Å²) in [6.07, 6.45) is 2.20. The van der Waals surface area contributed by atoms with Crippen LogP contribution >= 0.6 is 0 Å². The third-order valence-corrected chi connectivity index (χ3v) is 4.35. The van der Waals surface area contributed by atoms with E-state index in [-0.39, 0.29) is 17.3 Å². The number of carbonyl (C=O) groups is 1. The van der Waals surface area contributed by atoms with Gasteiger partial charge in [-0.2, -0.15) is 0 Å². The molecule has 0 spiro atoms. The van der Waals surface area contributed by atoms with Gasteiger partial charge in [-0.1, -0.05) is 24.3 Å². The zero-order chi connectivity index (χ0) is 18.1. The zero-order valence-corrected chi connectivity index (χ0v) is 13.7. The Morgan fingerprint density at radius 2 is 1.77 bits per heavy atom. The van der Waals surface area contributed by atoms with E-state index >= 15 is 0 Å². The highest BCUT2D eigenvalue weighted by Crippen LogP contribution is 2.29. The number of rotatable bonds is 3. The highest BCUT2D eigenvalue weighted by atomic mass is 19.1. The number of pyridine rings is 1. The van der Waals surface area contributed by atoms with Crippen LogP contribution in [-0.2, 0) is 6.42 Å². The molecule has 130 valence electrons. The Bertz CT molecular complexity index is 953. The van der Waals surface area contributed by atoms with Crippen molar-refractivity contribution < 1.29 is 13.6 Å². The maximum atomic E-state index is 13.7. The van der Waals surface area contributed by atoms with E-state index < -0.39 is 11.6 Å². The van der Waals surface area contributed by atoms with Crippen molar-refractivity contribution in [3.63, 3.8) is 0 Å². The van der Waals surface area contributed by atoms with Crippen LogP contribution in [0.15, 0.2) is 60.8 Å². The fourth-order valence-corrected chi connectivity index (χ4v) is 3.04. The molecule has 0 atom stereocenters. The van der Waals surface area contributed by atoms with Crippen LogP contribution in [0.5, 0.6) is 0 Å². The number of fused-ring (bicyclic) bond motifs is 1. The number of amides is 1. The molecule has 1 amide bonds. The van der Waals surface area contributed by atoms with Crippen LogP contribution in [0.25, 0.3) is 0 Å². The van der Waals surface area contributed by atoms with Crippen molar-refractivity contribution in [2.45, 2.75) is 6.42 Å². The van der Waals surface area contributed by atoms with Gasteiger partial charge in [0.1, 0.15) is 23.0 Å². The maximum Gasteiger partial charge on any atom is 0.276 e. The predicted molar refractivity (Wildman–Crippen MR) is 95.7 cm³/mol. The van der Waals surface area contributed by atoms with E-state index in [1.807, 2.05) is 24.3 Å². The second kappa shape index (κ2) is 6.55. The van der Waals surface area contributed by atoms with Crippen molar-refractivity contribution in [1.82, 2.24) is 4.98 Å². The molecule has 4 nitrogen and oxygen atoms in total. The number of benzene rings is 2. The van der Waals surface area contributed by atoms with Gasteiger partial charge in [-0.25, -0.2) is 13.8 Å². The summed E-state index contributed by atoms with van der Waals surface area (Å²) in [6.45, 7) is 0.611. The van der Waals surface area contributed by atoms with E-state index in [0.29, 0.717) is 12.2 Å². The number of nitrogens with zero attached hydrogens (tertiary/aromatic N) is 2. The molecule has 4 rings (SSSR count). The van der Waals surface area contributed by atoms with Crippen LogP contribution in [0.3, 0.4) is 0 Å². The second-order valence-corrected chi connectivity index (χ2v) is 5.99. The summed E-state index contributed by atoms with van der Waals surface area (Å²) in [6, 6.07) is 14.5. The lowest BCUT2D eigenvalue weighted by Crippen LogP contribution is -2.29. The molecular formula is C20H15F2N3O. The van der Waals surface area contributed by atoms with Gasteiger partial charge >= 0.3 is 0 Å². The first-order chi connectivity index (χ1) is 12.6. The molecule has 1 aliphatic heterocycles. The number of anilines is 3. The van der Waals surface area contributed by atoms with Gasteiger partial charge in [-0.05, 0) is 42.3 Å². The topological polar surface area (TPSA) is 45.2 Å². The lowest BCUT2D eigenvalue weighted by molar-refractivity contribution is 0.0984. The largest absolute Gasteiger partial charge is 0.349 e. The number of hydrogen-bond acceptors (Lipinski definition) is 3. The molecule has 0 aliphatic carbocycles. The van der Waals surface area contributed by atoms with E-state index in [9.17, 15) is 13.6 Å². The van der Waals surface area contributed by atoms with Crippen LogP contribution < -0.4 is 10.2 Å². The van der Waals surface area contributed by atoms with Crippen LogP contribution in [0, 0.1) is 11.6 Å². The molecule has 0 saturated heterocycles. The molecule has 6 heteroatoms. The van der Waals surface area contributed by atoms with Gasteiger partial charge in [0.25, 0.3) is 5.91 Å². The summed E-state index contributed by atoms with van der Waals surface area (Å²) in [5.74, 6) is -1.59. The average Bonchev–Trinajstić information content (AvgIpc) is 3.09. The van der Waals surface area contributed by atoms with Gasteiger partial charge in [-0.3, -0.25) is 4.79 Å². The minimum atomic E-state index is -0.696. The Morgan fingerprint density at radius 1 is 1.00 bits per heavy atom. The van der Waals surface area contributed by atoms with Gasteiger partial charge in [0, 0.05) is 12.2 Å². The number of hydrogen-bond donors (Lipinski definition) is 1. The summed E-state index contributed by atoms with van der Waals surface area (Å²) < 4.78 is 27.4. The highest BCUT2D eigenvalue weighted by molar-refractivity contribution is 6.06. The molecule has 2 aromatic carbocycles. The van der Waals surface area contributed by atoms with E-state index in [0.717, 1.165) is 17.7 Å². The molecule has 26 heavy (non-hydrogen) atoms. The third-order valence-electron chi connectivity index (χ3n) is 4.35. The smallest absolute Gasteiger partial charge is 0.276 e. The normalized spacial score (nSPS) is 12.8. The predicted octanol–water partition coefficient (Wildman–Crippen LogP) is 4.31. The Balaban J connectivity index is 1.54. The quantitative estimate of drug-likeness (QED) is 0.765. The Kier molecular flexibility index (Phi) is 4.08. The summed E-state index contributed by atoms with van der Waals surface area (Å²) in [5.41, 5.74) is 2.46. The van der Waals surface area contributed by atoms with Crippen LogP contribution in [0.2, 0.25) is 0 Å². The molecule has 0 radical (unpaired) electrons. The fourth-order valence-electron chi connectivity index (χ4n) is 3.04. The van der Waals surface area contributed by atoms with Crippen LogP contribution in [-0.4, -0.2) is 17.4 Å². The molecule has 1 aromatic heterocycles. The van der Waals surface area contributed by atoms with Crippen molar-refractivity contribution in [3.05, 3.63) is 83.7 Å². The first-order valence-electron chi connectivity index (χ1n) is 8.20. The lowest BCUT2D eigenvalue weighted by atomic mass is 10.2. The number of nitrogens with one attached hydrogen (secondary N) is 1. The molecule has 3 aromatic rings. The summed E-state index contributed by atoms with van der Waals surface area (Å²) in [7, 11) is 0. The molecule has 0 bridgehead atoms. The van der Waals surface area contributed by atoms with Crippen molar-refractivity contribution in [3.8, 4) is 0 Å². The number of halogens is 2.